The van der Waals surface area contributed by atoms with Gasteiger partial charge in [0, 0.05) is 30.8 Å². The fourth-order valence-corrected chi connectivity index (χ4v) is 3.00. The van der Waals surface area contributed by atoms with Crippen LogP contribution in [0.25, 0.3) is 11.1 Å². The average molecular weight is 364 g/mol. The van der Waals surface area contributed by atoms with Gasteiger partial charge in [0.1, 0.15) is 5.82 Å². The first-order chi connectivity index (χ1) is 13.1. The number of carboxylic acids is 1. The largest absolute Gasteiger partial charge is 0.478 e. The zero-order valence-electron chi connectivity index (χ0n) is 15.7. The van der Waals surface area contributed by atoms with Crippen molar-refractivity contribution >= 4 is 5.97 Å². The van der Waals surface area contributed by atoms with Crippen LogP contribution in [0.1, 0.15) is 54.3 Å². The van der Waals surface area contributed by atoms with Gasteiger partial charge in [-0.25, -0.2) is 14.5 Å². The summed E-state index contributed by atoms with van der Waals surface area (Å²) >= 11 is 0. The van der Waals surface area contributed by atoms with Crippen molar-refractivity contribution < 1.29 is 9.90 Å². The van der Waals surface area contributed by atoms with Gasteiger partial charge in [-0.05, 0) is 23.6 Å². The van der Waals surface area contributed by atoms with E-state index in [-0.39, 0.29) is 5.56 Å². The van der Waals surface area contributed by atoms with Crippen molar-refractivity contribution in [3.8, 4) is 11.1 Å². The molecule has 0 amide bonds. The highest BCUT2D eigenvalue weighted by Crippen LogP contribution is 2.23. The first-order valence-electron chi connectivity index (χ1n) is 9.31. The van der Waals surface area contributed by atoms with Crippen LogP contribution in [-0.2, 0) is 19.4 Å². The number of carbonyl (C=O) groups is 1. The molecule has 27 heavy (non-hydrogen) atoms. The standard InChI is InChI=1S/C21H24N4O2/c1-3-5-6-20-23-19(4-2)24-25(20)14-15-7-9-16(10-8-15)18-13-22-12-11-17(18)21(26)27/h7-13H,3-6,14H2,1-2H3,(H,26,27). The van der Waals surface area contributed by atoms with Gasteiger partial charge < -0.3 is 5.11 Å². The van der Waals surface area contributed by atoms with E-state index in [0.717, 1.165) is 48.5 Å². The number of benzene rings is 1. The number of hydrogen-bond donors (Lipinski definition) is 1. The molecule has 1 N–H and O–H groups in total. The summed E-state index contributed by atoms with van der Waals surface area (Å²) in [6, 6.07) is 9.40. The van der Waals surface area contributed by atoms with Gasteiger partial charge >= 0.3 is 5.97 Å². The van der Waals surface area contributed by atoms with Crippen LogP contribution in [0, 0.1) is 0 Å². The summed E-state index contributed by atoms with van der Waals surface area (Å²) in [4.78, 5) is 20.1. The van der Waals surface area contributed by atoms with Crippen LogP contribution in [0.4, 0.5) is 0 Å². The Bertz CT molecular complexity index is 916. The molecule has 1 aromatic carbocycles. The minimum atomic E-state index is -0.952. The quantitative estimate of drug-likeness (QED) is 0.653. The number of rotatable bonds is 8. The van der Waals surface area contributed by atoms with E-state index in [0.29, 0.717) is 12.1 Å². The lowest BCUT2D eigenvalue weighted by molar-refractivity contribution is 0.0697. The molecule has 0 aliphatic carbocycles. The topological polar surface area (TPSA) is 80.9 Å². The summed E-state index contributed by atoms with van der Waals surface area (Å²) in [5.74, 6) is 0.948. The van der Waals surface area contributed by atoms with E-state index < -0.39 is 5.97 Å². The average Bonchev–Trinajstić information content (AvgIpc) is 3.08. The molecule has 0 aliphatic rings. The number of nitrogens with zero attached hydrogens (tertiary/aromatic N) is 4. The van der Waals surface area contributed by atoms with Gasteiger partial charge in [0.15, 0.2) is 5.82 Å². The van der Waals surface area contributed by atoms with Crippen molar-refractivity contribution in [2.45, 2.75) is 46.1 Å². The number of hydrogen-bond acceptors (Lipinski definition) is 4. The van der Waals surface area contributed by atoms with Gasteiger partial charge in [-0.3, -0.25) is 4.98 Å². The Morgan fingerprint density at radius 2 is 1.93 bits per heavy atom. The minimum absolute atomic E-state index is 0.253. The Balaban J connectivity index is 1.83. The zero-order valence-corrected chi connectivity index (χ0v) is 15.7. The van der Waals surface area contributed by atoms with Gasteiger partial charge in [0.05, 0.1) is 12.1 Å². The molecule has 2 aromatic heterocycles. The molecule has 0 saturated carbocycles. The Morgan fingerprint density at radius 3 is 2.59 bits per heavy atom. The summed E-state index contributed by atoms with van der Waals surface area (Å²) in [5, 5.41) is 14.0. The molecular formula is C21H24N4O2. The van der Waals surface area contributed by atoms with Crippen molar-refractivity contribution in [3.63, 3.8) is 0 Å². The molecule has 0 aliphatic heterocycles. The molecule has 0 bridgehead atoms. The Morgan fingerprint density at radius 1 is 1.15 bits per heavy atom. The number of pyridine rings is 1. The summed E-state index contributed by atoms with van der Waals surface area (Å²) in [5.41, 5.74) is 2.81. The highest BCUT2D eigenvalue weighted by Gasteiger charge is 2.12. The molecule has 0 atom stereocenters. The van der Waals surface area contributed by atoms with Gasteiger partial charge in [0.25, 0.3) is 0 Å². The Labute approximate surface area is 158 Å². The van der Waals surface area contributed by atoms with E-state index in [2.05, 4.69) is 28.9 Å². The summed E-state index contributed by atoms with van der Waals surface area (Å²) in [7, 11) is 0. The summed E-state index contributed by atoms with van der Waals surface area (Å²) in [6.07, 6.45) is 7.06. The predicted octanol–water partition coefficient (Wildman–Crippen LogP) is 3.99. The fraction of sp³-hybridized carbons (Fsp3) is 0.333. The smallest absolute Gasteiger partial charge is 0.336 e. The fourth-order valence-electron chi connectivity index (χ4n) is 3.00. The van der Waals surface area contributed by atoms with E-state index >= 15 is 0 Å². The van der Waals surface area contributed by atoms with Crippen molar-refractivity contribution in [1.29, 1.82) is 0 Å². The second-order valence-corrected chi connectivity index (χ2v) is 6.48. The van der Waals surface area contributed by atoms with Crippen LogP contribution >= 0.6 is 0 Å². The zero-order chi connectivity index (χ0) is 19.2. The molecule has 0 radical (unpaired) electrons. The lowest BCUT2D eigenvalue weighted by Crippen LogP contribution is -2.07. The number of aryl methyl sites for hydroxylation is 2. The number of aromatic carboxylic acids is 1. The van der Waals surface area contributed by atoms with Gasteiger partial charge in [-0.1, -0.05) is 44.5 Å². The van der Waals surface area contributed by atoms with Crippen LogP contribution in [0.3, 0.4) is 0 Å². The molecule has 0 fully saturated rings. The molecule has 6 nitrogen and oxygen atoms in total. The van der Waals surface area contributed by atoms with Crippen molar-refractivity contribution in [3.05, 3.63) is 65.5 Å². The van der Waals surface area contributed by atoms with E-state index in [1.807, 2.05) is 28.9 Å². The third-order valence-electron chi connectivity index (χ3n) is 4.51. The van der Waals surface area contributed by atoms with Crippen molar-refractivity contribution in [2.75, 3.05) is 0 Å². The van der Waals surface area contributed by atoms with E-state index in [1.165, 1.54) is 12.3 Å². The van der Waals surface area contributed by atoms with Crippen molar-refractivity contribution in [2.24, 2.45) is 0 Å². The SMILES string of the molecule is CCCCc1nc(CC)nn1Cc1ccc(-c2cnccc2C(=O)O)cc1. The van der Waals surface area contributed by atoms with Crippen molar-refractivity contribution in [1.82, 2.24) is 19.7 Å². The summed E-state index contributed by atoms with van der Waals surface area (Å²) < 4.78 is 1.98. The van der Waals surface area contributed by atoms with Crippen LogP contribution < -0.4 is 0 Å². The second-order valence-electron chi connectivity index (χ2n) is 6.48. The van der Waals surface area contributed by atoms with Crippen LogP contribution in [-0.4, -0.2) is 30.8 Å². The lowest BCUT2D eigenvalue weighted by atomic mass is 10.0. The van der Waals surface area contributed by atoms with E-state index in [1.54, 1.807) is 6.20 Å². The maximum Gasteiger partial charge on any atom is 0.336 e. The van der Waals surface area contributed by atoms with Gasteiger partial charge in [-0.15, -0.1) is 0 Å². The first-order valence-corrected chi connectivity index (χ1v) is 9.31. The van der Waals surface area contributed by atoms with Gasteiger partial charge in [-0.2, -0.15) is 5.10 Å². The Hall–Kier alpha value is -3.02. The molecule has 140 valence electrons. The van der Waals surface area contributed by atoms with E-state index in [9.17, 15) is 9.90 Å². The highest BCUT2D eigenvalue weighted by atomic mass is 16.4. The maximum atomic E-state index is 11.4. The third kappa shape index (κ3) is 4.39. The monoisotopic (exact) mass is 364 g/mol. The van der Waals surface area contributed by atoms with Crippen LogP contribution in [0.2, 0.25) is 0 Å². The Kier molecular flexibility index (Phi) is 5.96. The normalized spacial score (nSPS) is 10.9. The van der Waals surface area contributed by atoms with E-state index in [4.69, 9.17) is 0 Å². The third-order valence-corrected chi connectivity index (χ3v) is 4.51. The molecule has 3 rings (SSSR count). The molecule has 0 unspecified atom stereocenters. The molecular weight excluding hydrogens is 340 g/mol. The highest BCUT2D eigenvalue weighted by molar-refractivity contribution is 5.95. The van der Waals surface area contributed by atoms with Crippen LogP contribution in [0.5, 0.6) is 0 Å². The molecule has 0 spiro atoms. The molecule has 3 aromatic rings. The summed E-state index contributed by atoms with van der Waals surface area (Å²) in [6.45, 7) is 4.89. The minimum Gasteiger partial charge on any atom is -0.478 e. The second kappa shape index (κ2) is 8.58. The molecule has 6 heteroatoms. The lowest BCUT2D eigenvalue weighted by Gasteiger charge is -2.08. The van der Waals surface area contributed by atoms with Crippen LogP contribution in [0.15, 0.2) is 42.7 Å². The number of aromatic nitrogens is 4. The molecule has 0 saturated heterocycles. The number of unbranched alkanes of at least 4 members (excludes halogenated alkanes) is 1. The maximum absolute atomic E-state index is 11.4. The van der Waals surface area contributed by atoms with Gasteiger partial charge in [0.2, 0.25) is 0 Å². The predicted molar refractivity (Wildman–Crippen MR) is 104 cm³/mol. The number of carboxylic acid groups (broad SMARTS) is 1. The molecule has 2 heterocycles. The first kappa shape index (κ1) is 18.8.